The molecule has 1 unspecified atom stereocenters. The van der Waals surface area contributed by atoms with Crippen LogP contribution in [0.25, 0.3) is 0 Å². The number of piperidine rings is 1. The zero-order valence-corrected chi connectivity index (χ0v) is 11.7. The minimum absolute atomic E-state index is 0.129. The van der Waals surface area contributed by atoms with Gasteiger partial charge in [0.2, 0.25) is 11.8 Å². The Labute approximate surface area is 123 Å². The number of likely N-dealkylation sites (tertiary alicyclic amines) is 1. The molecule has 0 aromatic heterocycles. The Balaban J connectivity index is 1.97. The highest BCUT2D eigenvalue weighted by molar-refractivity contribution is 5.93. The Morgan fingerprint density at radius 2 is 2.24 bits per heavy atom. The average Bonchev–Trinajstić information content (AvgIpc) is 2.47. The van der Waals surface area contributed by atoms with Crippen molar-refractivity contribution in [1.29, 1.82) is 5.26 Å². The van der Waals surface area contributed by atoms with E-state index in [-0.39, 0.29) is 24.4 Å². The van der Waals surface area contributed by atoms with Gasteiger partial charge in [-0.25, -0.2) is 0 Å². The normalized spacial score (nSPS) is 18.7. The second kappa shape index (κ2) is 6.86. The molecule has 1 heterocycles. The van der Waals surface area contributed by atoms with Crippen molar-refractivity contribution in [3.8, 4) is 6.07 Å². The standard InChI is InChI=1S/C15H18N4O2/c16-9-11-4-3-5-12(8-11)18-14(20)10-19-7-2-1-6-13(19)15(17)21/h3-5,8,13H,1-2,6-7,10H2,(H2,17,21)(H,18,20). The maximum atomic E-state index is 12.1. The molecule has 1 atom stereocenters. The third kappa shape index (κ3) is 4.04. The molecule has 1 aromatic carbocycles. The Bertz CT molecular complexity index is 579. The molecule has 6 heteroatoms. The first-order chi connectivity index (χ1) is 10.1. The van der Waals surface area contributed by atoms with Gasteiger partial charge in [-0.2, -0.15) is 5.26 Å². The molecule has 0 spiro atoms. The molecule has 0 radical (unpaired) electrons. The Morgan fingerprint density at radius 1 is 1.43 bits per heavy atom. The van der Waals surface area contributed by atoms with Crippen molar-refractivity contribution >= 4 is 17.5 Å². The van der Waals surface area contributed by atoms with Gasteiger partial charge in [0, 0.05) is 5.69 Å². The number of carbonyl (C=O) groups excluding carboxylic acids is 2. The van der Waals surface area contributed by atoms with Crippen molar-refractivity contribution in [3.63, 3.8) is 0 Å². The maximum absolute atomic E-state index is 12.1. The molecule has 21 heavy (non-hydrogen) atoms. The smallest absolute Gasteiger partial charge is 0.238 e. The van der Waals surface area contributed by atoms with E-state index in [1.807, 2.05) is 11.0 Å². The molecule has 2 rings (SSSR count). The summed E-state index contributed by atoms with van der Waals surface area (Å²) in [6.45, 7) is 0.823. The van der Waals surface area contributed by atoms with Crippen molar-refractivity contribution < 1.29 is 9.59 Å². The number of rotatable bonds is 4. The van der Waals surface area contributed by atoms with Gasteiger partial charge in [-0.1, -0.05) is 12.5 Å². The number of benzene rings is 1. The summed E-state index contributed by atoms with van der Waals surface area (Å²) in [5.74, 6) is -0.591. The van der Waals surface area contributed by atoms with E-state index in [2.05, 4.69) is 5.32 Å². The molecule has 6 nitrogen and oxygen atoms in total. The minimum atomic E-state index is -0.381. The number of hydrogen-bond donors (Lipinski definition) is 2. The maximum Gasteiger partial charge on any atom is 0.238 e. The first kappa shape index (κ1) is 15.0. The third-order valence-corrected chi connectivity index (χ3v) is 3.56. The van der Waals surface area contributed by atoms with Gasteiger partial charge in [0.25, 0.3) is 0 Å². The fraction of sp³-hybridized carbons (Fsp3) is 0.400. The van der Waals surface area contributed by atoms with Gasteiger partial charge in [-0.05, 0) is 37.6 Å². The summed E-state index contributed by atoms with van der Waals surface area (Å²) in [4.78, 5) is 25.3. The van der Waals surface area contributed by atoms with Crippen LogP contribution in [0.5, 0.6) is 0 Å². The first-order valence-corrected chi connectivity index (χ1v) is 6.93. The van der Waals surface area contributed by atoms with E-state index >= 15 is 0 Å². The highest BCUT2D eigenvalue weighted by atomic mass is 16.2. The second-order valence-corrected chi connectivity index (χ2v) is 5.13. The number of primary amides is 1. The van der Waals surface area contributed by atoms with Gasteiger partial charge in [0.15, 0.2) is 0 Å². The number of amides is 2. The Morgan fingerprint density at radius 3 is 2.95 bits per heavy atom. The number of nitrogens with one attached hydrogen (secondary N) is 1. The summed E-state index contributed by atoms with van der Waals surface area (Å²) in [6, 6.07) is 8.37. The number of nitrogens with two attached hydrogens (primary N) is 1. The minimum Gasteiger partial charge on any atom is -0.368 e. The monoisotopic (exact) mass is 286 g/mol. The summed E-state index contributed by atoms with van der Waals surface area (Å²) < 4.78 is 0. The van der Waals surface area contributed by atoms with Crippen LogP contribution in [0.4, 0.5) is 5.69 Å². The number of hydrogen-bond acceptors (Lipinski definition) is 4. The van der Waals surface area contributed by atoms with Crippen LogP contribution in [0.2, 0.25) is 0 Å². The van der Waals surface area contributed by atoms with E-state index < -0.39 is 0 Å². The van der Waals surface area contributed by atoms with Crippen molar-refractivity contribution in [2.45, 2.75) is 25.3 Å². The highest BCUT2D eigenvalue weighted by Gasteiger charge is 2.28. The molecule has 110 valence electrons. The summed E-state index contributed by atoms with van der Waals surface area (Å²) in [7, 11) is 0. The number of carbonyl (C=O) groups is 2. The first-order valence-electron chi connectivity index (χ1n) is 6.93. The van der Waals surface area contributed by atoms with Crippen LogP contribution in [0.3, 0.4) is 0 Å². The van der Waals surface area contributed by atoms with E-state index in [4.69, 9.17) is 11.0 Å². The predicted molar refractivity (Wildman–Crippen MR) is 78.2 cm³/mol. The predicted octanol–water partition coefficient (Wildman–Crippen LogP) is 0.837. The van der Waals surface area contributed by atoms with Gasteiger partial charge < -0.3 is 11.1 Å². The van der Waals surface area contributed by atoms with Gasteiger partial charge in [0.05, 0.1) is 24.2 Å². The molecule has 1 fully saturated rings. The SMILES string of the molecule is N#Cc1cccc(NC(=O)CN2CCCCC2C(N)=O)c1. The van der Waals surface area contributed by atoms with Gasteiger partial charge in [-0.3, -0.25) is 14.5 Å². The van der Waals surface area contributed by atoms with Crippen LogP contribution in [-0.2, 0) is 9.59 Å². The van der Waals surface area contributed by atoms with Crippen LogP contribution < -0.4 is 11.1 Å². The van der Waals surface area contributed by atoms with Gasteiger partial charge in [-0.15, -0.1) is 0 Å². The second-order valence-electron chi connectivity index (χ2n) is 5.13. The molecule has 3 N–H and O–H groups in total. The quantitative estimate of drug-likeness (QED) is 0.856. The van der Waals surface area contributed by atoms with Crippen molar-refractivity contribution in [2.75, 3.05) is 18.4 Å². The fourth-order valence-electron chi connectivity index (χ4n) is 2.55. The van der Waals surface area contributed by atoms with Crippen molar-refractivity contribution in [3.05, 3.63) is 29.8 Å². The van der Waals surface area contributed by atoms with Gasteiger partial charge in [0.1, 0.15) is 0 Å². The zero-order valence-electron chi connectivity index (χ0n) is 11.7. The van der Waals surface area contributed by atoms with Crippen LogP contribution in [-0.4, -0.2) is 35.8 Å². The summed E-state index contributed by atoms with van der Waals surface area (Å²) in [5, 5.41) is 11.6. The molecule has 1 aromatic rings. The van der Waals surface area contributed by atoms with Crippen LogP contribution >= 0.6 is 0 Å². The summed E-state index contributed by atoms with van der Waals surface area (Å²) in [5.41, 5.74) is 6.44. The van der Waals surface area contributed by atoms with E-state index in [1.165, 1.54) is 0 Å². The Hall–Kier alpha value is -2.39. The summed E-state index contributed by atoms with van der Waals surface area (Å²) in [6.07, 6.45) is 2.61. The highest BCUT2D eigenvalue weighted by Crippen LogP contribution is 2.17. The zero-order chi connectivity index (χ0) is 15.2. The molecule has 1 aliphatic heterocycles. The summed E-state index contributed by atoms with van der Waals surface area (Å²) >= 11 is 0. The number of anilines is 1. The molecular formula is C15H18N4O2. The van der Waals surface area contributed by atoms with Crippen LogP contribution in [0.1, 0.15) is 24.8 Å². The lowest BCUT2D eigenvalue weighted by atomic mass is 10.0. The molecule has 1 aliphatic rings. The van der Waals surface area contributed by atoms with Crippen molar-refractivity contribution in [2.24, 2.45) is 5.73 Å². The average molecular weight is 286 g/mol. The fourth-order valence-corrected chi connectivity index (χ4v) is 2.55. The molecule has 2 amide bonds. The Kier molecular flexibility index (Phi) is 4.90. The van der Waals surface area contributed by atoms with Crippen LogP contribution in [0.15, 0.2) is 24.3 Å². The largest absolute Gasteiger partial charge is 0.368 e. The molecule has 0 saturated carbocycles. The lowest BCUT2D eigenvalue weighted by Gasteiger charge is -2.32. The number of nitrogens with zero attached hydrogens (tertiary/aromatic N) is 2. The van der Waals surface area contributed by atoms with E-state index in [9.17, 15) is 9.59 Å². The third-order valence-electron chi connectivity index (χ3n) is 3.56. The lowest BCUT2D eigenvalue weighted by molar-refractivity contribution is -0.126. The van der Waals surface area contributed by atoms with Crippen molar-refractivity contribution in [1.82, 2.24) is 4.90 Å². The molecule has 1 saturated heterocycles. The van der Waals surface area contributed by atoms with E-state index in [0.29, 0.717) is 24.2 Å². The molecular weight excluding hydrogens is 268 g/mol. The van der Waals surface area contributed by atoms with Crippen LogP contribution in [0, 0.1) is 11.3 Å². The van der Waals surface area contributed by atoms with Gasteiger partial charge >= 0.3 is 0 Å². The molecule has 0 aliphatic carbocycles. The lowest BCUT2D eigenvalue weighted by Crippen LogP contribution is -2.50. The molecule has 0 bridgehead atoms. The van der Waals surface area contributed by atoms with E-state index in [1.54, 1.807) is 24.3 Å². The van der Waals surface area contributed by atoms with E-state index in [0.717, 1.165) is 12.8 Å². The topological polar surface area (TPSA) is 99.2 Å². The number of nitriles is 1.